The summed E-state index contributed by atoms with van der Waals surface area (Å²) in [5.74, 6) is -0.152. The normalized spacial score (nSPS) is 17.8. The summed E-state index contributed by atoms with van der Waals surface area (Å²) in [6, 6.07) is 2.06. The second-order valence-corrected chi connectivity index (χ2v) is 5.66. The van der Waals surface area contributed by atoms with Gasteiger partial charge in [0, 0.05) is 26.2 Å². The molecule has 0 saturated heterocycles. The zero-order valence-electron chi connectivity index (χ0n) is 12.6. The number of aromatic nitrogens is 4. The molecule has 1 N–H and O–H groups in total. The Bertz CT molecular complexity index is 699. The maximum atomic E-state index is 11.2. The Kier molecular flexibility index (Phi) is 3.31. The maximum Gasteiger partial charge on any atom is 0.306 e. The fourth-order valence-corrected chi connectivity index (χ4v) is 3.06. The first kappa shape index (κ1) is 13.9. The van der Waals surface area contributed by atoms with Crippen molar-refractivity contribution in [3.8, 4) is 11.5 Å². The van der Waals surface area contributed by atoms with Gasteiger partial charge in [-0.15, -0.1) is 0 Å². The van der Waals surface area contributed by atoms with Crippen LogP contribution in [0.15, 0.2) is 6.07 Å². The summed E-state index contributed by atoms with van der Waals surface area (Å²) in [7, 11) is 3.92. The number of carboxylic acid groups (broad SMARTS) is 1. The highest BCUT2D eigenvalue weighted by atomic mass is 16.4. The molecule has 1 aliphatic rings. The molecule has 2 aromatic rings. The molecule has 6 nitrogen and oxygen atoms in total. The summed E-state index contributed by atoms with van der Waals surface area (Å²) >= 11 is 0. The van der Waals surface area contributed by atoms with E-state index < -0.39 is 5.97 Å². The number of aliphatic carboxylic acids is 1. The van der Waals surface area contributed by atoms with E-state index in [1.807, 2.05) is 18.8 Å². The van der Waals surface area contributed by atoms with E-state index in [0.717, 1.165) is 41.4 Å². The number of fused-ring (bicyclic) bond motifs is 1. The second-order valence-electron chi connectivity index (χ2n) is 5.66. The van der Waals surface area contributed by atoms with Gasteiger partial charge >= 0.3 is 5.97 Å². The topological polar surface area (TPSA) is 72.9 Å². The zero-order chi connectivity index (χ0) is 15.1. The number of imidazole rings is 1. The molecule has 0 saturated carbocycles. The van der Waals surface area contributed by atoms with Gasteiger partial charge in [0.1, 0.15) is 5.69 Å². The minimum absolute atomic E-state index is 0.307. The Morgan fingerprint density at radius 3 is 2.86 bits per heavy atom. The molecule has 0 amide bonds. The smallest absolute Gasteiger partial charge is 0.306 e. The lowest BCUT2D eigenvalue weighted by Crippen LogP contribution is -2.22. The van der Waals surface area contributed by atoms with Gasteiger partial charge in [0.2, 0.25) is 0 Å². The van der Waals surface area contributed by atoms with Crippen LogP contribution in [0.25, 0.3) is 11.5 Å². The molecule has 3 rings (SSSR count). The number of hydrogen-bond donors (Lipinski definition) is 1. The summed E-state index contributed by atoms with van der Waals surface area (Å²) in [5, 5.41) is 13.7. The number of carboxylic acids is 1. The van der Waals surface area contributed by atoms with Crippen molar-refractivity contribution in [1.29, 1.82) is 0 Å². The van der Waals surface area contributed by atoms with Gasteiger partial charge in [-0.05, 0) is 25.3 Å². The first-order chi connectivity index (χ1) is 10.0. The molecule has 0 radical (unpaired) electrons. The minimum atomic E-state index is -0.721. The molecule has 0 aliphatic heterocycles. The molecule has 0 spiro atoms. The summed E-state index contributed by atoms with van der Waals surface area (Å²) < 4.78 is 3.94. The van der Waals surface area contributed by atoms with Crippen LogP contribution in [0.1, 0.15) is 30.4 Å². The Morgan fingerprint density at radius 2 is 2.24 bits per heavy atom. The van der Waals surface area contributed by atoms with Crippen molar-refractivity contribution in [3.05, 3.63) is 23.1 Å². The van der Waals surface area contributed by atoms with Gasteiger partial charge in [0.05, 0.1) is 17.3 Å². The molecule has 1 unspecified atom stereocenters. The summed E-state index contributed by atoms with van der Waals surface area (Å²) in [6.07, 6.45) is 2.87. The van der Waals surface area contributed by atoms with E-state index in [2.05, 4.69) is 22.7 Å². The van der Waals surface area contributed by atoms with Crippen molar-refractivity contribution in [1.82, 2.24) is 19.3 Å². The standard InChI is InChI=1S/C15H20N4O2/c1-4-10-8-13(19(3)17-10)14-16-11-7-9(15(20)21)5-6-12(11)18(14)2/h8-9H,4-7H2,1-3H3,(H,20,21). The third kappa shape index (κ3) is 2.24. The summed E-state index contributed by atoms with van der Waals surface area (Å²) in [6.45, 7) is 2.08. The third-order valence-electron chi connectivity index (χ3n) is 4.34. The molecular weight excluding hydrogens is 268 g/mol. The fourth-order valence-electron chi connectivity index (χ4n) is 3.06. The maximum absolute atomic E-state index is 11.2. The number of rotatable bonds is 3. The number of hydrogen-bond acceptors (Lipinski definition) is 3. The van der Waals surface area contributed by atoms with E-state index >= 15 is 0 Å². The van der Waals surface area contributed by atoms with Crippen LogP contribution in [-0.2, 0) is 38.2 Å². The first-order valence-corrected chi connectivity index (χ1v) is 7.31. The highest BCUT2D eigenvalue weighted by molar-refractivity contribution is 5.71. The molecule has 0 fully saturated rings. The van der Waals surface area contributed by atoms with E-state index in [0.29, 0.717) is 12.8 Å². The Balaban J connectivity index is 2.02. The molecule has 0 bridgehead atoms. The van der Waals surface area contributed by atoms with Gasteiger partial charge in [-0.2, -0.15) is 5.10 Å². The van der Waals surface area contributed by atoms with Crippen LogP contribution in [0.2, 0.25) is 0 Å². The van der Waals surface area contributed by atoms with Gasteiger partial charge < -0.3 is 9.67 Å². The number of aryl methyl sites for hydroxylation is 2. The average Bonchev–Trinajstić information content (AvgIpc) is 2.99. The van der Waals surface area contributed by atoms with Crippen LogP contribution < -0.4 is 0 Å². The van der Waals surface area contributed by atoms with Gasteiger partial charge in [0.15, 0.2) is 5.82 Å². The Hall–Kier alpha value is -2.11. The van der Waals surface area contributed by atoms with E-state index in [-0.39, 0.29) is 5.92 Å². The highest BCUT2D eigenvalue weighted by Crippen LogP contribution is 2.29. The molecule has 2 aromatic heterocycles. The lowest BCUT2D eigenvalue weighted by molar-refractivity contribution is -0.142. The van der Waals surface area contributed by atoms with E-state index in [9.17, 15) is 9.90 Å². The van der Waals surface area contributed by atoms with Gasteiger partial charge in [-0.1, -0.05) is 6.92 Å². The van der Waals surface area contributed by atoms with Crippen molar-refractivity contribution >= 4 is 5.97 Å². The summed E-state index contributed by atoms with van der Waals surface area (Å²) in [4.78, 5) is 15.9. The lowest BCUT2D eigenvalue weighted by atomic mass is 9.90. The molecule has 0 aromatic carbocycles. The molecule has 21 heavy (non-hydrogen) atoms. The predicted molar refractivity (Wildman–Crippen MR) is 77.9 cm³/mol. The second kappa shape index (κ2) is 5.02. The lowest BCUT2D eigenvalue weighted by Gasteiger charge is -2.18. The van der Waals surface area contributed by atoms with E-state index in [1.54, 1.807) is 0 Å². The van der Waals surface area contributed by atoms with Crippen molar-refractivity contribution in [2.75, 3.05) is 0 Å². The Morgan fingerprint density at radius 1 is 1.48 bits per heavy atom. The quantitative estimate of drug-likeness (QED) is 0.930. The summed E-state index contributed by atoms with van der Waals surface area (Å²) in [5.41, 5.74) is 4.10. The zero-order valence-corrected chi connectivity index (χ0v) is 12.6. The largest absolute Gasteiger partial charge is 0.481 e. The van der Waals surface area contributed by atoms with E-state index in [1.165, 1.54) is 0 Å². The SMILES string of the molecule is CCc1cc(-c2nc3c(n2C)CCC(C(=O)O)C3)n(C)n1. The van der Waals surface area contributed by atoms with Crippen LogP contribution >= 0.6 is 0 Å². The number of carbonyl (C=O) groups is 1. The van der Waals surface area contributed by atoms with Crippen LogP contribution in [0.5, 0.6) is 0 Å². The van der Waals surface area contributed by atoms with Crippen LogP contribution in [0.4, 0.5) is 0 Å². The Labute approximate surface area is 123 Å². The monoisotopic (exact) mass is 288 g/mol. The van der Waals surface area contributed by atoms with Crippen molar-refractivity contribution in [2.45, 2.75) is 32.6 Å². The molecule has 112 valence electrons. The molecule has 1 aliphatic carbocycles. The minimum Gasteiger partial charge on any atom is -0.481 e. The van der Waals surface area contributed by atoms with Crippen LogP contribution in [0.3, 0.4) is 0 Å². The molecular formula is C15H20N4O2. The van der Waals surface area contributed by atoms with Crippen molar-refractivity contribution < 1.29 is 9.90 Å². The molecule has 6 heteroatoms. The van der Waals surface area contributed by atoms with Crippen molar-refractivity contribution in [3.63, 3.8) is 0 Å². The average molecular weight is 288 g/mol. The van der Waals surface area contributed by atoms with Gasteiger partial charge in [-0.3, -0.25) is 9.48 Å². The van der Waals surface area contributed by atoms with Crippen LogP contribution in [-0.4, -0.2) is 30.4 Å². The van der Waals surface area contributed by atoms with Gasteiger partial charge in [-0.25, -0.2) is 4.98 Å². The van der Waals surface area contributed by atoms with Gasteiger partial charge in [0.25, 0.3) is 0 Å². The number of nitrogens with zero attached hydrogens (tertiary/aromatic N) is 4. The first-order valence-electron chi connectivity index (χ1n) is 7.31. The van der Waals surface area contributed by atoms with Crippen molar-refractivity contribution in [2.24, 2.45) is 20.0 Å². The van der Waals surface area contributed by atoms with Crippen LogP contribution in [0, 0.1) is 5.92 Å². The predicted octanol–water partition coefficient (Wildman–Crippen LogP) is 1.57. The van der Waals surface area contributed by atoms with E-state index in [4.69, 9.17) is 4.98 Å². The fraction of sp³-hybridized carbons (Fsp3) is 0.533. The molecule has 1 atom stereocenters. The highest BCUT2D eigenvalue weighted by Gasteiger charge is 2.29. The third-order valence-corrected chi connectivity index (χ3v) is 4.34. The molecule has 2 heterocycles.